The number of aryl methyl sites for hydroxylation is 1. The first kappa shape index (κ1) is 21.2. The highest BCUT2D eigenvalue weighted by Gasteiger charge is 2.26. The van der Waals surface area contributed by atoms with Crippen LogP contribution in [0.3, 0.4) is 0 Å². The summed E-state index contributed by atoms with van der Waals surface area (Å²) >= 11 is 0. The molecule has 0 spiro atoms. The molecule has 0 atom stereocenters. The lowest BCUT2D eigenvalue weighted by Crippen LogP contribution is -2.40. The molecule has 158 valence electrons. The maximum atomic E-state index is 12.2. The zero-order valence-corrected chi connectivity index (χ0v) is 17.8. The molecule has 3 rings (SSSR count). The van der Waals surface area contributed by atoms with Gasteiger partial charge in [-0.15, -0.1) is 0 Å². The van der Waals surface area contributed by atoms with Crippen LogP contribution in [0.5, 0.6) is 11.5 Å². The fourth-order valence-corrected chi connectivity index (χ4v) is 3.63. The van der Waals surface area contributed by atoms with Gasteiger partial charge in [0.05, 0.1) is 19.9 Å². The molecule has 2 aromatic rings. The Morgan fingerprint density at radius 1 is 1.24 bits per heavy atom. The van der Waals surface area contributed by atoms with Gasteiger partial charge >= 0.3 is 0 Å². The quantitative estimate of drug-likeness (QED) is 0.731. The number of rotatable bonds is 8. The molecule has 7 heteroatoms. The Morgan fingerprint density at radius 2 is 1.97 bits per heavy atom. The van der Waals surface area contributed by atoms with E-state index in [0.29, 0.717) is 17.4 Å². The van der Waals surface area contributed by atoms with Gasteiger partial charge in [0, 0.05) is 24.6 Å². The predicted molar refractivity (Wildman–Crippen MR) is 111 cm³/mol. The fraction of sp³-hybridized carbons (Fsp3) is 0.545. The third kappa shape index (κ3) is 5.09. The van der Waals surface area contributed by atoms with Crippen LogP contribution in [0.15, 0.2) is 22.6 Å². The number of hydrogen-bond acceptors (Lipinski definition) is 6. The van der Waals surface area contributed by atoms with Crippen LogP contribution < -0.4 is 14.8 Å². The highest BCUT2D eigenvalue weighted by atomic mass is 16.5. The minimum atomic E-state index is 0.124. The van der Waals surface area contributed by atoms with Crippen LogP contribution in [0, 0.1) is 12.8 Å². The summed E-state index contributed by atoms with van der Waals surface area (Å²) in [7, 11) is 3.22. The van der Waals surface area contributed by atoms with Gasteiger partial charge in [0.15, 0.2) is 11.5 Å². The monoisotopic (exact) mass is 401 g/mol. The number of carbonyl (C=O) groups is 1. The molecule has 1 aromatic carbocycles. The van der Waals surface area contributed by atoms with Gasteiger partial charge in [-0.1, -0.05) is 6.92 Å². The summed E-state index contributed by atoms with van der Waals surface area (Å²) in [6.07, 6.45) is 2.74. The molecule has 1 amide bonds. The van der Waals surface area contributed by atoms with Crippen molar-refractivity contribution in [1.82, 2.24) is 15.2 Å². The van der Waals surface area contributed by atoms with E-state index in [1.165, 1.54) is 0 Å². The van der Waals surface area contributed by atoms with Crippen molar-refractivity contribution in [2.24, 2.45) is 5.92 Å². The van der Waals surface area contributed by atoms with E-state index >= 15 is 0 Å². The number of hydrogen-bond donors (Lipinski definition) is 1. The highest BCUT2D eigenvalue weighted by Crippen LogP contribution is 2.33. The Labute approximate surface area is 172 Å². The molecule has 0 saturated carbocycles. The average Bonchev–Trinajstić information content (AvgIpc) is 3.12. The summed E-state index contributed by atoms with van der Waals surface area (Å²) in [4.78, 5) is 19.2. The van der Waals surface area contributed by atoms with Gasteiger partial charge in [-0.25, -0.2) is 4.98 Å². The van der Waals surface area contributed by atoms with Crippen molar-refractivity contribution in [2.45, 2.75) is 39.7 Å². The lowest BCUT2D eigenvalue weighted by atomic mass is 9.95. The van der Waals surface area contributed by atoms with E-state index in [0.717, 1.165) is 62.5 Å². The summed E-state index contributed by atoms with van der Waals surface area (Å²) in [6, 6.07) is 5.63. The number of piperidine rings is 1. The maximum Gasteiger partial charge on any atom is 0.226 e. The van der Waals surface area contributed by atoms with Crippen molar-refractivity contribution < 1.29 is 18.7 Å². The molecule has 1 aromatic heterocycles. The molecule has 0 radical (unpaired) electrons. The maximum absolute atomic E-state index is 12.2. The summed E-state index contributed by atoms with van der Waals surface area (Å²) < 4.78 is 16.6. The van der Waals surface area contributed by atoms with Crippen LogP contribution in [-0.4, -0.2) is 49.6 Å². The van der Waals surface area contributed by atoms with E-state index in [1.54, 1.807) is 14.2 Å². The van der Waals surface area contributed by atoms with E-state index in [1.807, 2.05) is 25.1 Å². The Hall–Kier alpha value is -2.54. The molecule has 1 aliphatic heterocycles. The predicted octanol–water partition coefficient (Wildman–Crippen LogP) is 3.41. The van der Waals surface area contributed by atoms with Gasteiger partial charge < -0.3 is 19.2 Å². The number of amides is 1. The zero-order chi connectivity index (χ0) is 20.8. The molecule has 1 fully saturated rings. The number of aromatic nitrogens is 1. The van der Waals surface area contributed by atoms with Crippen molar-refractivity contribution in [3.05, 3.63) is 29.7 Å². The molecular weight excluding hydrogens is 370 g/mol. The van der Waals surface area contributed by atoms with Gasteiger partial charge in [-0.05, 0) is 57.5 Å². The van der Waals surface area contributed by atoms with Gasteiger partial charge in [0.25, 0.3) is 0 Å². The molecule has 0 bridgehead atoms. The summed E-state index contributed by atoms with van der Waals surface area (Å²) in [5.74, 6) is 3.03. The van der Waals surface area contributed by atoms with E-state index in [2.05, 4.69) is 17.1 Å². The fourth-order valence-electron chi connectivity index (χ4n) is 3.63. The Morgan fingerprint density at radius 3 is 2.62 bits per heavy atom. The third-order valence-corrected chi connectivity index (χ3v) is 5.40. The number of methoxy groups -OCH3 is 2. The molecule has 1 saturated heterocycles. The summed E-state index contributed by atoms with van der Waals surface area (Å²) in [5.41, 5.74) is 1.78. The Kier molecular flexibility index (Phi) is 7.14. The third-order valence-electron chi connectivity index (χ3n) is 5.40. The molecule has 1 aliphatic rings. The lowest BCUT2D eigenvalue weighted by Gasteiger charge is -2.30. The van der Waals surface area contributed by atoms with Crippen molar-refractivity contribution in [2.75, 3.05) is 33.9 Å². The number of carbonyl (C=O) groups excluding carboxylic acids is 1. The Bertz CT molecular complexity index is 825. The van der Waals surface area contributed by atoms with E-state index in [4.69, 9.17) is 18.9 Å². The second kappa shape index (κ2) is 9.78. The minimum Gasteiger partial charge on any atom is -0.493 e. The molecule has 7 nitrogen and oxygen atoms in total. The number of benzene rings is 1. The van der Waals surface area contributed by atoms with Crippen molar-refractivity contribution in [3.63, 3.8) is 0 Å². The molecule has 0 unspecified atom stereocenters. The molecule has 29 heavy (non-hydrogen) atoms. The topological polar surface area (TPSA) is 76.8 Å². The van der Waals surface area contributed by atoms with Crippen LogP contribution in [0.25, 0.3) is 11.5 Å². The van der Waals surface area contributed by atoms with Gasteiger partial charge in [0.2, 0.25) is 11.8 Å². The van der Waals surface area contributed by atoms with Crippen molar-refractivity contribution in [3.8, 4) is 23.0 Å². The second-order valence-corrected chi connectivity index (χ2v) is 7.43. The smallest absolute Gasteiger partial charge is 0.226 e. The van der Waals surface area contributed by atoms with Crippen LogP contribution >= 0.6 is 0 Å². The van der Waals surface area contributed by atoms with E-state index in [9.17, 15) is 4.79 Å². The normalized spacial score (nSPS) is 15.3. The molecule has 2 heterocycles. The standard InChI is InChI=1S/C22H31N3O4/c1-5-10-23-21(26)16-8-11-25(12-9-16)14-18-15(2)29-22(24-18)17-6-7-19(27-3)20(13-17)28-4/h6-7,13,16H,5,8-12,14H2,1-4H3,(H,23,26). The number of oxazole rings is 1. The van der Waals surface area contributed by atoms with Gasteiger partial charge in [-0.2, -0.15) is 0 Å². The first-order valence-electron chi connectivity index (χ1n) is 10.2. The Balaban J connectivity index is 1.62. The average molecular weight is 402 g/mol. The van der Waals surface area contributed by atoms with Gasteiger partial charge in [-0.3, -0.25) is 9.69 Å². The van der Waals surface area contributed by atoms with Crippen molar-refractivity contribution >= 4 is 5.91 Å². The second-order valence-electron chi connectivity index (χ2n) is 7.43. The summed E-state index contributed by atoms with van der Waals surface area (Å²) in [5, 5.41) is 3.01. The summed E-state index contributed by atoms with van der Waals surface area (Å²) in [6.45, 7) is 7.28. The largest absolute Gasteiger partial charge is 0.493 e. The van der Waals surface area contributed by atoms with Crippen molar-refractivity contribution in [1.29, 1.82) is 0 Å². The van der Waals surface area contributed by atoms with Crippen LogP contribution in [0.2, 0.25) is 0 Å². The number of ether oxygens (including phenoxy) is 2. The highest BCUT2D eigenvalue weighted by molar-refractivity contribution is 5.78. The first-order chi connectivity index (χ1) is 14.0. The molecule has 1 N–H and O–H groups in total. The van der Waals surface area contributed by atoms with Gasteiger partial charge in [0.1, 0.15) is 5.76 Å². The number of likely N-dealkylation sites (tertiary alicyclic amines) is 1. The number of nitrogens with zero attached hydrogens (tertiary/aromatic N) is 2. The van der Waals surface area contributed by atoms with Crippen LogP contribution in [0.4, 0.5) is 0 Å². The SMILES string of the molecule is CCCNC(=O)C1CCN(Cc2nc(-c3ccc(OC)c(OC)c3)oc2C)CC1. The van der Waals surface area contributed by atoms with E-state index in [-0.39, 0.29) is 11.8 Å². The molecule has 0 aliphatic carbocycles. The van der Waals surface area contributed by atoms with Crippen LogP contribution in [0.1, 0.15) is 37.6 Å². The van der Waals surface area contributed by atoms with E-state index < -0.39 is 0 Å². The van der Waals surface area contributed by atoms with Crippen LogP contribution in [-0.2, 0) is 11.3 Å². The first-order valence-corrected chi connectivity index (χ1v) is 10.2. The molecular formula is C22H31N3O4. The number of nitrogens with one attached hydrogen (secondary N) is 1. The zero-order valence-electron chi connectivity index (χ0n) is 17.8. The minimum absolute atomic E-state index is 0.124. The lowest BCUT2D eigenvalue weighted by molar-refractivity contribution is -0.126.